The molecule has 1 unspecified atom stereocenters. The number of carboxylic acids is 1. The Labute approximate surface area is 160 Å². The molecule has 148 valence electrons. The number of rotatable bonds is 11. The van der Waals surface area contributed by atoms with E-state index in [0.29, 0.717) is 32.4 Å². The van der Waals surface area contributed by atoms with Gasteiger partial charge in [0.2, 0.25) is 0 Å². The number of ether oxygens (including phenoxy) is 1. The number of aliphatic hydroxyl groups excluding tert-OH is 1. The van der Waals surface area contributed by atoms with E-state index in [1.54, 1.807) is 11.0 Å². The Bertz CT molecular complexity index is 616. The number of hydrogen-bond donors (Lipinski definition) is 2. The summed E-state index contributed by atoms with van der Waals surface area (Å²) >= 11 is 0. The molecule has 27 heavy (non-hydrogen) atoms. The maximum Gasteiger partial charge on any atom is 0.410 e. The number of benzene rings is 1. The Morgan fingerprint density at radius 3 is 2.70 bits per heavy atom. The molecule has 2 rings (SSSR count). The van der Waals surface area contributed by atoms with Crippen LogP contribution >= 0.6 is 0 Å². The van der Waals surface area contributed by atoms with Gasteiger partial charge in [0, 0.05) is 25.8 Å². The second kappa shape index (κ2) is 11.4. The second-order valence-electron chi connectivity index (χ2n) is 6.86. The molecule has 0 bridgehead atoms. The lowest BCUT2D eigenvalue weighted by Gasteiger charge is -2.33. The van der Waals surface area contributed by atoms with Crippen LogP contribution in [0.4, 0.5) is 4.79 Å². The van der Waals surface area contributed by atoms with Gasteiger partial charge in [-0.3, -0.25) is 4.79 Å². The highest BCUT2D eigenvalue weighted by Crippen LogP contribution is 2.17. The molecule has 1 saturated heterocycles. The summed E-state index contributed by atoms with van der Waals surface area (Å²) in [6.07, 6.45) is 7.38. The minimum atomic E-state index is -0.770. The van der Waals surface area contributed by atoms with E-state index in [9.17, 15) is 14.7 Å². The SMILES string of the molecule is O=C(O)CCCCCCN1C(=O)OCC[C@@H]1C=CC(O)Cc1ccccc1. The number of aliphatic hydroxyl groups is 1. The summed E-state index contributed by atoms with van der Waals surface area (Å²) in [7, 11) is 0. The number of amides is 1. The van der Waals surface area contributed by atoms with Crippen molar-refractivity contribution >= 4 is 12.1 Å². The van der Waals surface area contributed by atoms with Crippen LogP contribution in [0.5, 0.6) is 0 Å². The van der Waals surface area contributed by atoms with Gasteiger partial charge in [0.15, 0.2) is 0 Å². The molecule has 0 radical (unpaired) electrons. The molecule has 1 aromatic carbocycles. The molecule has 1 aliphatic rings. The first-order valence-corrected chi connectivity index (χ1v) is 9.62. The third-order valence-corrected chi connectivity index (χ3v) is 4.66. The Balaban J connectivity index is 1.79. The normalized spacial score (nSPS) is 18.5. The first-order chi connectivity index (χ1) is 13.1. The topological polar surface area (TPSA) is 87.1 Å². The van der Waals surface area contributed by atoms with Crippen molar-refractivity contribution in [2.24, 2.45) is 0 Å². The second-order valence-corrected chi connectivity index (χ2v) is 6.86. The van der Waals surface area contributed by atoms with E-state index in [2.05, 4.69) is 0 Å². The van der Waals surface area contributed by atoms with E-state index in [4.69, 9.17) is 9.84 Å². The van der Waals surface area contributed by atoms with E-state index >= 15 is 0 Å². The van der Waals surface area contributed by atoms with Crippen molar-refractivity contribution in [3.05, 3.63) is 48.0 Å². The number of aliphatic carboxylic acids is 1. The fourth-order valence-electron chi connectivity index (χ4n) is 3.19. The maximum atomic E-state index is 12.1. The van der Waals surface area contributed by atoms with Gasteiger partial charge in [-0.15, -0.1) is 0 Å². The first-order valence-electron chi connectivity index (χ1n) is 9.62. The Kier molecular flexibility index (Phi) is 8.84. The quantitative estimate of drug-likeness (QED) is 0.457. The van der Waals surface area contributed by atoms with Crippen LogP contribution in [0.2, 0.25) is 0 Å². The molecule has 2 N–H and O–H groups in total. The summed E-state index contributed by atoms with van der Waals surface area (Å²) in [6.45, 7) is 0.966. The van der Waals surface area contributed by atoms with Crippen LogP contribution in [0, 0.1) is 0 Å². The smallest absolute Gasteiger partial charge is 0.410 e. The van der Waals surface area contributed by atoms with E-state index in [1.165, 1.54) is 0 Å². The van der Waals surface area contributed by atoms with Crippen molar-refractivity contribution in [3.8, 4) is 0 Å². The molecule has 0 saturated carbocycles. The maximum absolute atomic E-state index is 12.1. The molecular weight excluding hydrogens is 346 g/mol. The summed E-state index contributed by atoms with van der Waals surface area (Å²) < 4.78 is 5.15. The van der Waals surface area contributed by atoms with Crippen molar-refractivity contribution < 1.29 is 24.5 Å². The lowest BCUT2D eigenvalue weighted by atomic mass is 10.0. The van der Waals surface area contributed by atoms with E-state index < -0.39 is 12.1 Å². The van der Waals surface area contributed by atoms with Crippen LogP contribution in [0.3, 0.4) is 0 Å². The van der Waals surface area contributed by atoms with Crippen LogP contribution in [0.1, 0.15) is 44.1 Å². The average molecular weight is 375 g/mol. The Hall–Kier alpha value is -2.34. The van der Waals surface area contributed by atoms with Crippen LogP contribution in [0.25, 0.3) is 0 Å². The van der Waals surface area contributed by atoms with Gasteiger partial charge in [0.05, 0.1) is 18.8 Å². The molecule has 0 aromatic heterocycles. The summed E-state index contributed by atoms with van der Waals surface area (Å²) in [5, 5.41) is 18.9. The molecule has 0 aliphatic carbocycles. The Morgan fingerprint density at radius 2 is 1.96 bits per heavy atom. The third-order valence-electron chi connectivity index (χ3n) is 4.66. The van der Waals surface area contributed by atoms with Gasteiger partial charge in [0.25, 0.3) is 0 Å². The minimum absolute atomic E-state index is 0.0734. The molecule has 1 amide bonds. The highest BCUT2D eigenvalue weighted by atomic mass is 16.6. The zero-order chi connectivity index (χ0) is 19.5. The number of unbranched alkanes of at least 4 members (excludes halogenated alkanes) is 3. The predicted molar refractivity (Wildman–Crippen MR) is 102 cm³/mol. The molecule has 6 nitrogen and oxygen atoms in total. The third kappa shape index (κ3) is 7.83. The van der Waals surface area contributed by atoms with Crippen LogP contribution in [0.15, 0.2) is 42.5 Å². The lowest BCUT2D eigenvalue weighted by molar-refractivity contribution is -0.137. The summed E-state index contributed by atoms with van der Waals surface area (Å²) in [5.74, 6) is -0.770. The fourth-order valence-corrected chi connectivity index (χ4v) is 3.19. The van der Waals surface area contributed by atoms with Crippen molar-refractivity contribution in [2.45, 2.75) is 57.1 Å². The molecule has 1 fully saturated rings. The van der Waals surface area contributed by atoms with Crippen LogP contribution in [-0.2, 0) is 16.0 Å². The van der Waals surface area contributed by atoms with E-state index in [1.807, 2.05) is 36.4 Å². The zero-order valence-electron chi connectivity index (χ0n) is 15.6. The number of cyclic esters (lactones) is 1. The zero-order valence-corrected chi connectivity index (χ0v) is 15.6. The van der Waals surface area contributed by atoms with E-state index in [-0.39, 0.29) is 18.6 Å². The molecule has 1 aromatic rings. The van der Waals surface area contributed by atoms with Gasteiger partial charge in [0.1, 0.15) is 0 Å². The van der Waals surface area contributed by atoms with Crippen molar-refractivity contribution in [1.29, 1.82) is 0 Å². The number of nitrogens with zero attached hydrogens (tertiary/aromatic N) is 1. The van der Waals surface area contributed by atoms with Crippen molar-refractivity contribution in [2.75, 3.05) is 13.2 Å². The monoisotopic (exact) mass is 375 g/mol. The molecule has 1 aliphatic heterocycles. The van der Waals surface area contributed by atoms with Gasteiger partial charge >= 0.3 is 12.1 Å². The summed E-state index contributed by atoms with van der Waals surface area (Å²) in [4.78, 5) is 24.3. The number of hydrogen-bond acceptors (Lipinski definition) is 4. The van der Waals surface area contributed by atoms with Crippen molar-refractivity contribution in [1.82, 2.24) is 4.90 Å². The first kappa shape index (κ1) is 21.0. The number of carbonyl (C=O) groups excluding carboxylic acids is 1. The fraction of sp³-hybridized carbons (Fsp3) is 0.524. The summed E-state index contributed by atoms with van der Waals surface area (Å²) in [5.41, 5.74) is 1.07. The molecule has 6 heteroatoms. The molecular formula is C21H29NO5. The number of carbonyl (C=O) groups is 2. The summed E-state index contributed by atoms with van der Waals surface area (Å²) in [6, 6.07) is 9.72. The molecule has 2 atom stereocenters. The largest absolute Gasteiger partial charge is 0.481 e. The highest BCUT2D eigenvalue weighted by molar-refractivity contribution is 5.69. The van der Waals surface area contributed by atoms with Crippen molar-refractivity contribution in [3.63, 3.8) is 0 Å². The van der Waals surface area contributed by atoms with Crippen LogP contribution < -0.4 is 0 Å². The van der Waals surface area contributed by atoms with Gasteiger partial charge in [-0.25, -0.2) is 4.79 Å². The number of carboxylic acid groups (broad SMARTS) is 1. The average Bonchev–Trinajstić information content (AvgIpc) is 2.65. The predicted octanol–water partition coefficient (Wildman–Crippen LogP) is 3.39. The van der Waals surface area contributed by atoms with E-state index in [0.717, 1.165) is 24.8 Å². The molecule has 0 spiro atoms. The molecule has 1 heterocycles. The van der Waals surface area contributed by atoms with Gasteiger partial charge in [-0.05, 0) is 18.4 Å². The van der Waals surface area contributed by atoms with Crippen LogP contribution in [-0.4, -0.2) is 52.5 Å². The Morgan fingerprint density at radius 1 is 1.22 bits per heavy atom. The van der Waals surface area contributed by atoms with Gasteiger partial charge < -0.3 is 19.8 Å². The van der Waals surface area contributed by atoms with Gasteiger partial charge in [-0.2, -0.15) is 0 Å². The standard InChI is InChI=1S/C21H29NO5/c23-19(16-17-8-4-3-5-9-17)12-11-18-13-15-27-21(26)22(18)14-7-2-1-6-10-20(24)25/h3-5,8-9,11-12,18-19,23H,1-2,6-7,10,13-16H2,(H,24,25)/t18-,19?/m0/s1. The lowest BCUT2D eigenvalue weighted by Crippen LogP contribution is -2.45. The minimum Gasteiger partial charge on any atom is -0.481 e. The van der Waals surface area contributed by atoms with Gasteiger partial charge in [-0.1, -0.05) is 55.3 Å². The highest BCUT2D eigenvalue weighted by Gasteiger charge is 2.27.